The van der Waals surface area contributed by atoms with Crippen molar-refractivity contribution in [3.8, 4) is 0 Å². The van der Waals surface area contributed by atoms with Gasteiger partial charge in [-0.05, 0) is 24.8 Å². The lowest BCUT2D eigenvalue weighted by Gasteiger charge is -2.47. The molecule has 2 fully saturated rings. The maximum absolute atomic E-state index is 13.6. The van der Waals surface area contributed by atoms with E-state index in [1.54, 1.807) is 12.1 Å². The SMILES string of the molecule is Cn1cc(CN2CC3(CC(CCOCc4ccccc4F)CO3)C2)cn1. The van der Waals surface area contributed by atoms with Gasteiger partial charge in [0.2, 0.25) is 0 Å². The molecule has 4 rings (SSSR count). The Morgan fingerprint density at radius 2 is 2.19 bits per heavy atom. The van der Waals surface area contributed by atoms with Crippen LogP contribution in [0.2, 0.25) is 0 Å². The fourth-order valence-corrected chi connectivity index (χ4v) is 4.08. The zero-order valence-corrected chi connectivity index (χ0v) is 15.2. The molecule has 1 atom stereocenters. The molecule has 2 aromatic rings. The molecule has 6 heteroatoms. The Balaban J connectivity index is 1.15. The predicted molar refractivity (Wildman–Crippen MR) is 95.9 cm³/mol. The second-order valence-electron chi connectivity index (χ2n) is 7.66. The molecular formula is C20H26FN3O2. The Kier molecular flexibility index (Phi) is 5.07. The first-order valence-corrected chi connectivity index (χ1v) is 9.27. The normalized spacial score (nSPS) is 22.0. The van der Waals surface area contributed by atoms with Crippen LogP contribution in [0.3, 0.4) is 0 Å². The summed E-state index contributed by atoms with van der Waals surface area (Å²) in [7, 11) is 1.94. The van der Waals surface area contributed by atoms with Crippen LogP contribution in [0, 0.1) is 11.7 Å². The first-order valence-electron chi connectivity index (χ1n) is 9.27. The first-order chi connectivity index (χ1) is 12.6. The van der Waals surface area contributed by atoms with Crippen molar-refractivity contribution in [1.82, 2.24) is 14.7 Å². The monoisotopic (exact) mass is 359 g/mol. The number of hydrogen-bond acceptors (Lipinski definition) is 4. The molecule has 0 amide bonds. The van der Waals surface area contributed by atoms with E-state index in [4.69, 9.17) is 9.47 Å². The summed E-state index contributed by atoms with van der Waals surface area (Å²) in [5.74, 6) is 0.343. The van der Waals surface area contributed by atoms with Gasteiger partial charge in [-0.3, -0.25) is 9.58 Å². The van der Waals surface area contributed by atoms with E-state index in [1.165, 1.54) is 11.6 Å². The molecule has 2 saturated heterocycles. The van der Waals surface area contributed by atoms with Gasteiger partial charge >= 0.3 is 0 Å². The molecule has 0 N–H and O–H groups in total. The van der Waals surface area contributed by atoms with Crippen LogP contribution in [-0.4, -0.2) is 46.6 Å². The number of halogens is 1. The number of likely N-dealkylation sites (tertiary alicyclic amines) is 1. The highest BCUT2D eigenvalue weighted by molar-refractivity contribution is 5.16. The first kappa shape index (κ1) is 17.6. The molecule has 2 aliphatic rings. The standard InChI is InChI=1S/C20H26FN3O2/c1-23-10-17(9-22-23)11-24-14-20(15-24)8-16(12-26-20)6-7-25-13-18-4-2-3-5-19(18)21/h2-5,9-10,16H,6-8,11-15H2,1H3. The summed E-state index contributed by atoms with van der Waals surface area (Å²) in [5, 5.41) is 4.22. The van der Waals surface area contributed by atoms with Crippen molar-refractivity contribution in [2.24, 2.45) is 13.0 Å². The summed E-state index contributed by atoms with van der Waals surface area (Å²) >= 11 is 0. The lowest BCUT2D eigenvalue weighted by Crippen LogP contribution is -2.60. The van der Waals surface area contributed by atoms with E-state index in [-0.39, 0.29) is 11.4 Å². The summed E-state index contributed by atoms with van der Waals surface area (Å²) in [6, 6.07) is 6.78. The van der Waals surface area contributed by atoms with Crippen LogP contribution in [-0.2, 0) is 29.7 Å². The van der Waals surface area contributed by atoms with Gasteiger partial charge in [0, 0.05) is 50.6 Å². The number of hydrogen-bond donors (Lipinski definition) is 0. The number of nitrogens with zero attached hydrogens (tertiary/aromatic N) is 3. The third-order valence-electron chi connectivity index (χ3n) is 5.36. The van der Waals surface area contributed by atoms with Crippen molar-refractivity contribution < 1.29 is 13.9 Å². The van der Waals surface area contributed by atoms with Gasteiger partial charge in [0.1, 0.15) is 5.82 Å². The molecule has 1 unspecified atom stereocenters. The van der Waals surface area contributed by atoms with E-state index in [0.717, 1.165) is 39.1 Å². The molecule has 2 aliphatic heterocycles. The predicted octanol–water partition coefficient (Wildman–Crippen LogP) is 2.76. The van der Waals surface area contributed by atoms with Gasteiger partial charge in [0.25, 0.3) is 0 Å². The van der Waals surface area contributed by atoms with Crippen molar-refractivity contribution in [1.29, 1.82) is 0 Å². The minimum atomic E-state index is -0.196. The van der Waals surface area contributed by atoms with Crippen LogP contribution in [0.15, 0.2) is 36.7 Å². The largest absolute Gasteiger partial charge is 0.377 e. The third-order valence-corrected chi connectivity index (χ3v) is 5.36. The van der Waals surface area contributed by atoms with Gasteiger partial charge < -0.3 is 9.47 Å². The average molecular weight is 359 g/mol. The summed E-state index contributed by atoms with van der Waals surface area (Å²) in [6.07, 6.45) is 6.06. The minimum absolute atomic E-state index is 0.0401. The van der Waals surface area contributed by atoms with Crippen LogP contribution in [0.4, 0.5) is 4.39 Å². The van der Waals surface area contributed by atoms with Crippen molar-refractivity contribution in [2.45, 2.75) is 31.6 Å². The number of ether oxygens (including phenoxy) is 2. The molecule has 0 bridgehead atoms. The molecule has 0 radical (unpaired) electrons. The second-order valence-corrected chi connectivity index (χ2v) is 7.66. The fourth-order valence-electron chi connectivity index (χ4n) is 4.08. The minimum Gasteiger partial charge on any atom is -0.377 e. The van der Waals surface area contributed by atoms with Gasteiger partial charge in [0.05, 0.1) is 25.0 Å². The Morgan fingerprint density at radius 3 is 2.96 bits per heavy atom. The second kappa shape index (κ2) is 7.47. The van der Waals surface area contributed by atoms with E-state index < -0.39 is 0 Å². The van der Waals surface area contributed by atoms with Crippen molar-refractivity contribution >= 4 is 0 Å². The molecule has 0 saturated carbocycles. The highest BCUT2D eigenvalue weighted by atomic mass is 19.1. The molecular weight excluding hydrogens is 333 g/mol. The number of aromatic nitrogens is 2. The Hall–Kier alpha value is -1.76. The van der Waals surface area contributed by atoms with Gasteiger partial charge in [-0.1, -0.05) is 18.2 Å². The van der Waals surface area contributed by atoms with Crippen molar-refractivity contribution in [3.63, 3.8) is 0 Å². The maximum atomic E-state index is 13.6. The van der Waals surface area contributed by atoms with Gasteiger partial charge in [-0.25, -0.2) is 4.39 Å². The Morgan fingerprint density at radius 1 is 1.35 bits per heavy atom. The van der Waals surface area contributed by atoms with E-state index in [9.17, 15) is 4.39 Å². The zero-order valence-electron chi connectivity index (χ0n) is 15.2. The topological polar surface area (TPSA) is 39.5 Å². The van der Waals surface area contributed by atoms with E-state index in [2.05, 4.69) is 16.2 Å². The zero-order chi connectivity index (χ0) is 18.0. The lowest BCUT2D eigenvalue weighted by molar-refractivity contribution is -0.114. The smallest absolute Gasteiger partial charge is 0.128 e. The third kappa shape index (κ3) is 3.98. The summed E-state index contributed by atoms with van der Waals surface area (Å²) < 4.78 is 27.2. The van der Waals surface area contributed by atoms with Crippen molar-refractivity contribution in [3.05, 3.63) is 53.6 Å². The van der Waals surface area contributed by atoms with Crippen LogP contribution in [0.1, 0.15) is 24.0 Å². The average Bonchev–Trinajstić information content (AvgIpc) is 3.20. The highest BCUT2D eigenvalue weighted by Gasteiger charge is 2.49. The molecule has 140 valence electrons. The molecule has 0 aliphatic carbocycles. The number of rotatable bonds is 7. The fraction of sp³-hybridized carbons (Fsp3) is 0.550. The van der Waals surface area contributed by atoms with Gasteiger partial charge in [-0.15, -0.1) is 0 Å². The molecule has 5 nitrogen and oxygen atoms in total. The maximum Gasteiger partial charge on any atom is 0.128 e. The Labute approximate surface area is 153 Å². The lowest BCUT2D eigenvalue weighted by atomic mass is 9.86. The van der Waals surface area contributed by atoms with E-state index in [0.29, 0.717) is 24.7 Å². The summed E-state index contributed by atoms with van der Waals surface area (Å²) in [5.41, 5.74) is 1.91. The molecule has 3 heterocycles. The molecule has 1 aromatic carbocycles. The number of aryl methyl sites for hydroxylation is 1. The van der Waals surface area contributed by atoms with Crippen molar-refractivity contribution in [2.75, 3.05) is 26.3 Å². The Bertz CT molecular complexity index is 742. The molecule has 26 heavy (non-hydrogen) atoms. The summed E-state index contributed by atoms with van der Waals surface area (Å²) in [6.45, 7) is 4.73. The van der Waals surface area contributed by atoms with Crippen LogP contribution in [0.25, 0.3) is 0 Å². The van der Waals surface area contributed by atoms with Gasteiger partial charge in [0.15, 0.2) is 0 Å². The highest BCUT2D eigenvalue weighted by Crippen LogP contribution is 2.39. The van der Waals surface area contributed by atoms with Crippen LogP contribution in [0.5, 0.6) is 0 Å². The van der Waals surface area contributed by atoms with Crippen LogP contribution >= 0.6 is 0 Å². The number of benzene rings is 1. The van der Waals surface area contributed by atoms with Gasteiger partial charge in [-0.2, -0.15) is 5.10 Å². The molecule has 1 spiro atoms. The van der Waals surface area contributed by atoms with E-state index in [1.807, 2.05) is 24.0 Å². The quantitative estimate of drug-likeness (QED) is 0.713. The van der Waals surface area contributed by atoms with E-state index >= 15 is 0 Å². The van der Waals surface area contributed by atoms with Crippen LogP contribution < -0.4 is 0 Å². The molecule has 1 aromatic heterocycles. The summed E-state index contributed by atoms with van der Waals surface area (Å²) in [4.78, 5) is 2.41.